The molecule has 0 spiro atoms. The second kappa shape index (κ2) is 10.0. The summed E-state index contributed by atoms with van der Waals surface area (Å²) >= 11 is 0. The van der Waals surface area contributed by atoms with E-state index < -0.39 is 5.41 Å². The van der Waals surface area contributed by atoms with Gasteiger partial charge < -0.3 is 16.4 Å². The van der Waals surface area contributed by atoms with E-state index in [1.807, 2.05) is 13.8 Å². The average molecular weight is 340 g/mol. The molecule has 0 aliphatic heterocycles. The third-order valence-corrected chi connectivity index (χ3v) is 4.04. The van der Waals surface area contributed by atoms with Gasteiger partial charge in [-0.15, -0.1) is 19.0 Å². The van der Waals surface area contributed by atoms with Crippen LogP contribution in [0, 0.1) is 5.41 Å². The van der Waals surface area contributed by atoms with Gasteiger partial charge in [0.05, 0.1) is 5.41 Å². The van der Waals surface area contributed by atoms with Gasteiger partial charge >= 0.3 is 0 Å². The third-order valence-electron chi connectivity index (χ3n) is 4.04. The molecule has 0 aromatic heterocycles. The van der Waals surface area contributed by atoms with Crippen LogP contribution in [0.2, 0.25) is 0 Å². The highest BCUT2D eigenvalue weighted by Crippen LogP contribution is 2.27. The molecule has 0 radical (unpaired) electrons. The van der Waals surface area contributed by atoms with E-state index in [2.05, 4.69) is 17.2 Å². The normalized spacial score (nSPS) is 10.4. The van der Waals surface area contributed by atoms with Gasteiger partial charge in [-0.1, -0.05) is 19.9 Å². The van der Waals surface area contributed by atoms with Gasteiger partial charge in [-0.3, -0.25) is 9.59 Å². The van der Waals surface area contributed by atoms with Crippen LogP contribution in [0.15, 0.2) is 36.9 Å². The zero-order valence-electron chi connectivity index (χ0n) is 13.7. The Hall–Kier alpha value is -1.85. The molecule has 0 aliphatic carbocycles. The lowest BCUT2D eigenvalue weighted by molar-refractivity contribution is -0.125. The molecule has 0 bridgehead atoms. The molecule has 128 valence electrons. The Morgan fingerprint density at radius 1 is 1.22 bits per heavy atom. The molecule has 0 aliphatic rings. The first kappa shape index (κ1) is 21.1. The van der Waals surface area contributed by atoms with E-state index in [0.29, 0.717) is 37.2 Å². The lowest BCUT2D eigenvalue weighted by Crippen LogP contribution is -2.41. The van der Waals surface area contributed by atoms with E-state index in [-0.39, 0.29) is 24.2 Å². The van der Waals surface area contributed by atoms with Crippen molar-refractivity contribution >= 4 is 29.9 Å². The van der Waals surface area contributed by atoms with Crippen molar-refractivity contribution in [3.05, 3.63) is 42.5 Å². The summed E-state index contributed by atoms with van der Waals surface area (Å²) in [6.45, 7) is 8.20. The van der Waals surface area contributed by atoms with E-state index >= 15 is 0 Å². The minimum absolute atomic E-state index is 0. The van der Waals surface area contributed by atoms with Crippen molar-refractivity contribution in [2.24, 2.45) is 11.1 Å². The highest BCUT2D eigenvalue weighted by atomic mass is 35.5. The summed E-state index contributed by atoms with van der Waals surface area (Å²) in [5, 5.41) is 5.58. The summed E-state index contributed by atoms with van der Waals surface area (Å²) in [4.78, 5) is 24.2. The average Bonchev–Trinajstić information content (AvgIpc) is 2.55. The molecule has 6 heteroatoms. The van der Waals surface area contributed by atoms with Gasteiger partial charge in [0.15, 0.2) is 0 Å². The first-order chi connectivity index (χ1) is 10.5. The van der Waals surface area contributed by atoms with E-state index in [9.17, 15) is 9.59 Å². The van der Waals surface area contributed by atoms with Crippen molar-refractivity contribution in [1.29, 1.82) is 0 Å². The van der Waals surface area contributed by atoms with Crippen LogP contribution in [-0.2, 0) is 4.79 Å². The smallest absolute Gasteiger partial charge is 0.251 e. The van der Waals surface area contributed by atoms with Crippen molar-refractivity contribution in [2.45, 2.75) is 26.7 Å². The van der Waals surface area contributed by atoms with Crippen LogP contribution in [0.4, 0.5) is 5.69 Å². The molecular weight excluding hydrogens is 314 g/mol. The summed E-state index contributed by atoms with van der Waals surface area (Å²) in [7, 11) is 0. The van der Waals surface area contributed by atoms with Crippen LogP contribution in [0.1, 0.15) is 37.0 Å². The molecule has 1 aromatic carbocycles. The number of hydrogen-bond acceptors (Lipinski definition) is 3. The van der Waals surface area contributed by atoms with E-state index in [1.54, 1.807) is 30.3 Å². The molecule has 0 heterocycles. The van der Waals surface area contributed by atoms with Crippen molar-refractivity contribution in [1.82, 2.24) is 5.32 Å². The van der Waals surface area contributed by atoms with Crippen molar-refractivity contribution in [3.63, 3.8) is 0 Å². The number of carbonyl (C=O) groups is 2. The summed E-state index contributed by atoms with van der Waals surface area (Å²) in [6, 6.07) is 6.78. The Morgan fingerprint density at radius 2 is 1.78 bits per heavy atom. The maximum atomic E-state index is 12.4. The highest BCUT2D eigenvalue weighted by Gasteiger charge is 2.33. The van der Waals surface area contributed by atoms with E-state index in [0.717, 1.165) is 0 Å². The summed E-state index contributed by atoms with van der Waals surface area (Å²) < 4.78 is 0. The van der Waals surface area contributed by atoms with Crippen LogP contribution < -0.4 is 16.4 Å². The fourth-order valence-corrected chi connectivity index (χ4v) is 2.19. The minimum atomic E-state index is -0.542. The monoisotopic (exact) mass is 339 g/mol. The van der Waals surface area contributed by atoms with Crippen molar-refractivity contribution < 1.29 is 9.59 Å². The third kappa shape index (κ3) is 5.37. The molecular formula is C17H26ClN3O2. The topological polar surface area (TPSA) is 84.2 Å². The van der Waals surface area contributed by atoms with E-state index in [1.165, 1.54) is 0 Å². The number of amides is 2. The Bertz CT molecular complexity index is 517. The summed E-state index contributed by atoms with van der Waals surface area (Å²) in [5.74, 6) is -0.250. The highest BCUT2D eigenvalue weighted by molar-refractivity contribution is 5.97. The number of carbonyl (C=O) groups excluding carboxylic acids is 2. The molecule has 4 N–H and O–H groups in total. The first-order valence-electron chi connectivity index (χ1n) is 7.53. The van der Waals surface area contributed by atoms with Crippen LogP contribution in [-0.4, -0.2) is 24.9 Å². The SMILES string of the molecule is C=CCNC(=O)c1ccc(NC(=O)C(CC)(CC)CN)cc1.Cl. The molecule has 2 amide bonds. The molecule has 0 saturated carbocycles. The Balaban J connectivity index is 0.00000484. The molecule has 0 fully saturated rings. The fraction of sp³-hybridized carbons (Fsp3) is 0.412. The number of halogens is 1. The second-order valence-electron chi connectivity index (χ2n) is 5.22. The number of hydrogen-bond donors (Lipinski definition) is 3. The predicted octanol–water partition coefficient (Wildman–Crippen LogP) is 2.73. The summed E-state index contributed by atoms with van der Waals surface area (Å²) in [5.41, 5.74) is 6.43. The van der Waals surface area contributed by atoms with Crippen molar-refractivity contribution in [2.75, 3.05) is 18.4 Å². The van der Waals surface area contributed by atoms with Gasteiger partial charge in [-0.2, -0.15) is 0 Å². The Labute approximate surface area is 144 Å². The lowest BCUT2D eigenvalue weighted by Gasteiger charge is -2.28. The van der Waals surface area contributed by atoms with Crippen LogP contribution in [0.5, 0.6) is 0 Å². The van der Waals surface area contributed by atoms with Crippen LogP contribution in [0.25, 0.3) is 0 Å². The van der Waals surface area contributed by atoms with Gasteiger partial charge in [-0.25, -0.2) is 0 Å². The van der Waals surface area contributed by atoms with Gasteiger partial charge in [0.1, 0.15) is 0 Å². The predicted molar refractivity (Wildman–Crippen MR) is 96.9 cm³/mol. The number of benzene rings is 1. The van der Waals surface area contributed by atoms with Gasteiger partial charge in [0, 0.05) is 24.3 Å². The zero-order chi connectivity index (χ0) is 16.6. The first-order valence-corrected chi connectivity index (χ1v) is 7.53. The lowest BCUT2D eigenvalue weighted by atomic mass is 9.81. The molecule has 23 heavy (non-hydrogen) atoms. The van der Waals surface area contributed by atoms with Gasteiger partial charge in [0.25, 0.3) is 5.91 Å². The number of anilines is 1. The number of nitrogens with one attached hydrogen (secondary N) is 2. The number of rotatable bonds is 8. The molecule has 1 rings (SSSR count). The van der Waals surface area contributed by atoms with Crippen LogP contribution in [0.3, 0.4) is 0 Å². The largest absolute Gasteiger partial charge is 0.349 e. The summed E-state index contributed by atoms with van der Waals surface area (Å²) in [6.07, 6.45) is 3.00. The fourth-order valence-electron chi connectivity index (χ4n) is 2.19. The molecule has 5 nitrogen and oxygen atoms in total. The Morgan fingerprint density at radius 3 is 2.22 bits per heavy atom. The Kier molecular flexibility index (Phi) is 9.22. The maximum Gasteiger partial charge on any atom is 0.251 e. The number of nitrogens with two attached hydrogens (primary N) is 1. The zero-order valence-corrected chi connectivity index (χ0v) is 14.5. The molecule has 0 saturated heterocycles. The van der Waals surface area contributed by atoms with Crippen molar-refractivity contribution in [3.8, 4) is 0 Å². The van der Waals surface area contributed by atoms with Gasteiger partial charge in [-0.05, 0) is 37.1 Å². The standard InChI is InChI=1S/C17H25N3O2.ClH/c1-4-11-19-15(21)13-7-9-14(10-8-13)20-16(22)17(5-2,6-3)12-18;/h4,7-10H,1,5-6,11-12,18H2,2-3H3,(H,19,21)(H,20,22);1H. The molecule has 1 aromatic rings. The quantitative estimate of drug-likeness (QED) is 0.637. The second-order valence-corrected chi connectivity index (χ2v) is 5.22. The van der Waals surface area contributed by atoms with Crippen LogP contribution >= 0.6 is 12.4 Å². The maximum absolute atomic E-state index is 12.4. The van der Waals surface area contributed by atoms with Gasteiger partial charge in [0.2, 0.25) is 5.91 Å². The molecule has 0 unspecified atom stereocenters. The van der Waals surface area contributed by atoms with E-state index in [4.69, 9.17) is 5.73 Å². The minimum Gasteiger partial charge on any atom is -0.349 e. The molecule has 0 atom stereocenters.